The van der Waals surface area contributed by atoms with Gasteiger partial charge in [-0.05, 0) is 56.5 Å². The van der Waals surface area contributed by atoms with Crippen molar-refractivity contribution < 1.29 is 4.79 Å². The van der Waals surface area contributed by atoms with E-state index in [2.05, 4.69) is 33.6 Å². The summed E-state index contributed by atoms with van der Waals surface area (Å²) in [6.07, 6.45) is 3.40. The highest BCUT2D eigenvalue weighted by atomic mass is 16.2. The second-order valence-corrected chi connectivity index (χ2v) is 7.30. The van der Waals surface area contributed by atoms with E-state index >= 15 is 0 Å². The molecule has 1 saturated heterocycles. The number of hydrogen-bond acceptors (Lipinski definition) is 3. The summed E-state index contributed by atoms with van der Waals surface area (Å²) >= 11 is 0. The SMILES string of the molecule is CN=C(NCCc1cccc(C(=O)N(C)C)c1)NCC1CCCN(C)C1. The molecule has 0 aromatic heterocycles. The molecule has 1 amide bonds. The molecule has 26 heavy (non-hydrogen) atoms. The highest BCUT2D eigenvalue weighted by molar-refractivity contribution is 5.94. The summed E-state index contributed by atoms with van der Waals surface area (Å²) in [6.45, 7) is 4.09. The first-order chi connectivity index (χ1) is 12.5. The highest BCUT2D eigenvalue weighted by Gasteiger charge is 2.17. The lowest BCUT2D eigenvalue weighted by Crippen LogP contribution is -2.44. The monoisotopic (exact) mass is 359 g/mol. The molecule has 0 saturated carbocycles. The fraction of sp³-hybridized carbons (Fsp3) is 0.600. The molecule has 1 aromatic carbocycles. The minimum absolute atomic E-state index is 0.0368. The van der Waals surface area contributed by atoms with Crippen LogP contribution in [0.25, 0.3) is 0 Å². The lowest BCUT2D eigenvalue weighted by atomic mass is 9.99. The summed E-state index contributed by atoms with van der Waals surface area (Å²) in [5.41, 5.74) is 1.88. The summed E-state index contributed by atoms with van der Waals surface area (Å²) in [5, 5.41) is 6.81. The number of hydrogen-bond donors (Lipinski definition) is 2. The molecule has 0 radical (unpaired) electrons. The Bertz CT molecular complexity index is 614. The lowest BCUT2D eigenvalue weighted by Gasteiger charge is -2.30. The average Bonchev–Trinajstić information content (AvgIpc) is 2.64. The van der Waals surface area contributed by atoms with Crippen molar-refractivity contribution >= 4 is 11.9 Å². The standard InChI is InChI=1S/C20H33N5O/c1-21-20(23-14-17-8-6-12-25(4)15-17)22-11-10-16-7-5-9-18(13-16)19(26)24(2)3/h5,7,9,13,17H,6,8,10-12,14-15H2,1-4H3,(H2,21,22,23). The smallest absolute Gasteiger partial charge is 0.253 e. The normalized spacial score (nSPS) is 18.5. The molecule has 1 unspecified atom stereocenters. The van der Waals surface area contributed by atoms with E-state index in [1.54, 1.807) is 26.0 Å². The van der Waals surface area contributed by atoms with Crippen molar-refractivity contribution in [3.63, 3.8) is 0 Å². The Hall–Kier alpha value is -2.08. The predicted molar refractivity (Wildman–Crippen MR) is 108 cm³/mol. The van der Waals surface area contributed by atoms with E-state index in [-0.39, 0.29) is 5.91 Å². The second-order valence-electron chi connectivity index (χ2n) is 7.30. The fourth-order valence-electron chi connectivity index (χ4n) is 3.34. The van der Waals surface area contributed by atoms with Crippen LogP contribution in [-0.2, 0) is 6.42 Å². The first kappa shape index (κ1) is 20.2. The number of nitrogens with zero attached hydrogens (tertiary/aromatic N) is 3. The van der Waals surface area contributed by atoms with Gasteiger partial charge in [-0.1, -0.05) is 12.1 Å². The van der Waals surface area contributed by atoms with Gasteiger partial charge in [0, 0.05) is 46.3 Å². The molecule has 2 N–H and O–H groups in total. The Balaban J connectivity index is 1.77. The van der Waals surface area contributed by atoms with E-state index in [4.69, 9.17) is 0 Å². The van der Waals surface area contributed by atoms with E-state index < -0.39 is 0 Å². The molecule has 6 nitrogen and oxygen atoms in total. The summed E-state index contributed by atoms with van der Waals surface area (Å²) < 4.78 is 0. The first-order valence-corrected chi connectivity index (χ1v) is 9.43. The molecule has 2 rings (SSSR count). The van der Waals surface area contributed by atoms with Crippen LogP contribution in [0.2, 0.25) is 0 Å². The number of piperidine rings is 1. The maximum absolute atomic E-state index is 12.1. The van der Waals surface area contributed by atoms with Crippen LogP contribution in [-0.4, -0.2) is 76.0 Å². The molecule has 1 aliphatic rings. The zero-order valence-corrected chi connectivity index (χ0v) is 16.6. The zero-order valence-electron chi connectivity index (χ0n) is 16.6. The molecule has 1 aromatic rings. The minimum Gasteiger partial charge on any atom is -0.356 e. The maximum atomic E-state index is 12.1. The summed E-state index contributed by atoms with van der Waals surface area (Å²) in [7, 11) is 7.54. The number of rotatable bonds is 6. The zero-order chi connectivity index (χ0) is 18.9. The Morgan fingerprint density at radius 2 is 2.15 bits per heavy atom. The lowest BCUT2D eigenvalue weighted by molar-refractivity contribution is 0.0827. The summed E-state index contributed by atoms with van der Waals surface area (Å²) in [6, 6.07) is 7.83. The van der Waals surface area contributed by atoms with Crippen molar-refractivity contribution in [1.82, 2.24) is 20.4 Å². The average molecular weight is 360 g/mol. The first-order valence-electron chi connectivity index (χ1n) is 9.43. The van der Waals surface area contributed by atoms with Gasteiger partial charge in [0.2, 0.25) is 0 Å². The molecular formula is C20H33N5O. The Kier molecular flexibility index (Phi) is 7.91. The number of guanidine groups is 1. The van der Waals surface area contributed by atoms with Crippen molar-refractivity contribution in [1.29, 1.82) is 0 Å². The third kappa shape index (κ3) is 6.33. The van der Waals surface area contributed by atoms with Crippen LogP contribution in [0.1, 0.15) is 28.8 Å². The molecule has 1 heterocycles. The largest absolute Gasteiger partial charge is 0.356 e. The van der Waals surface area contributed by atoms with E-state index in [1.165, 1.54) is 19.4 Å². The number of carbonyl (C=O) groups excluding carboxylic acids is 1. The van der Waals surface area contributed by atoms with Crippen LogP contribution in [0, 0.1) is 5.92 Å². The van der Waals surface area contributed by atoms with Gasteiger partial charge >= 0.3 is 0 Å². The number of likely N-dealkylation sites (tertiary alicyclic amines) is 1. The van der Waals surface area contributed by atoms with Crippen LogP contribution in [0.4, 0.5) is 0 Å². The van der Waals surface area contributed by atoms with Crippen LogP contribution < -0.4 is 10.6 Å². The van der Waals surface area contributed by atoms with E-state index in [0.29, 0.717) is 5.92 Å². The molecule has 144 valence electrons. The van der Waals surface area contributed by atoms with Gasteiger partial charge in [-0.2, -0.15) is 0 Å². The molecule has 0 aliphatic carbocycles. The Morgan fingerprint density at radius 1 is 1.35 bits per heavy atom. The van der Waals surface area contributed by atoms with E-state index in [1.807, 2.05) is 18.2 Å². The Morgan fingerprint density at radius 3 is 2.85 bits per heavy atom. The van der Waals surface area contributed by atoms with Gasteiger partial charge < -0.3 is 20.4 Å². The van der Waals surface area contributed by atoms with Gasteiger partial charge in [0.15, 0.2) is 5.96 Å². The molecule has 0 bridgehead atoms. The minimum atomic E-state index is 0.0368. The van der Waals surface area contributed by atoms with E-state index in [9.17, 15) is 4.79 Å². The number of aliphatic imine (C=N–C) groups is 1. The number of amides is 1. The maximum Gasteiger partial charge on any atom is 0.253 e. The van der Waals surface area contributed by atoms with Gasteiger partial charge in [0.1, 0.15) is 0 Å². The molecule has 1 aliphatic heterocycles. The second kappa shape index (κ2) is 10.2. The van der Waals surface area contributed by atoms with Crippen molar-refractivity contribution in [3.8, 4) is 0 Å². The van der Waals surface area contributed by atoms with E-state index in [0.717, 1.165) is 43.1 Å². The summed E-state index contributed by atoms with van der Waals surface area (Å²) in [4.78, 5) is 20.4. The molecule has 0 spiro atoms. The molecule has 1 fully saturated rings. The van der Waals surface area contributed by atoms with Gasteiger partial charge in [-0.15, -0.1) is 0 Å². The third-order valence-corrected chi connectivity index (χ3v) is 4.79. The molecule has 6 heteroatoms. The van der Waals surface area contributed by atoms with Gasteiger partial charge in [0.05, 0.1) is 0 Å². The van der Waals surface area contributed by atoms with Crippen LogP contribution >= 0.6 is 0 Å². The topological polar surface area (TPSA) is 60.0 Å². The van der Waals surface area contributed by atoms with Gasteiger partial charge in [-0.3, -0.25) is 9.79 Å². The van der Waals surface area contributed by atoms with Crippen LogP contribution in [0.5, 0.6) is 0 Å². The number of nitrogens with one attached hydrogen (secondary N) is 2. The molecule has 1 atom stereocenters. The van der Waals surface area contributed by atoms with Crippen LogP contribution in [0.3, 0.4) is 0 Å². The third-order valence-electron chi connectivity index (χ3n) is 4.79. The number of benzene rings is 1. The summed E-state index contributed by atoms with van der Waals surface area (Å²) in [5.74, 6) is 1.56. The van der Waals surface area contributed by atoms with Crippen molar-refractivity contribution in [2.75, 3.05) is 54.4 Å². The van der Waals surface area contributed by atoms with Crippen molar-refractivity contribution in [3.05, 3.63) is 35.4 Å². The van der Waals surface area contributed by atoms with Crippen molar-refractivity contribution in [2.24, 2.45) is 10.9 Å². The van der Waals surface area contributed by atoms with Crippen LogP contribution in [0.15, 0.2) is 29.3 Å². The predicted octanol–water partition coefficient (Wildman–Crippen LogP) is 1.44. The number of carbonyl (C=O) groups is 1. The van der Waals surface area contributed by atoms with Gasteiger partial charge in [-0.25, -0.2) is 0 Å². The van der Waals surface area contributed by atoms with Crippen molar-refractivity contribution in [2.45, 2.75) is 19.3 Å². The fourth-order valence-corrected chi connectivity index (χ4v) is 3.34. The Labute approximate surface area is 157 Å². The van der Waals surface area contributed by atoms with Gasteiger partial charge in [0.25, 0.3) is 5.91 Å². The molecular weight excluding hydrogens is 326 g/mol. The highest BCUT2D eigenvalue weighted by Crippen LogP contribution is 2.13. The quantitative estimate of drug-likeness (QED) is 0.596.